The van der Waals surface area contributed by atoms with Crippen LogP contribution in [0.3, 0.4) is 0 Å². The molecule has 5 nitrogen and oxygen atoms in total. The third-order valence-corrected chi connectivity index (χ3v) is 3.20. The molecule has 0 saturated heterocycles. The summed E-state index contributed by atoms with van der Waals surface area (Å²) >= 11 is 0. The molecule has 0 bridgehead atoms. The van der Waals surface area contributed by atoms with Crippen LogP contribution in [0, 0.1) is 0 Å². The number of aromatic hydroxyl groups is 1. The zero-order valence-electron chi connectivity index (χ0n) is 13.3. The van der Waals surface area contributed by atoms with E-state index in [0.717, 1.165) is 0 Å². The fourth-order valence-electron chi connectivity index (χ4n) is 1.98. The van der Waals surface area contributed by atoms with Crippen LogP contribution in [-0.4, -0.2) is 30.1 Å². The van der Waals surface area contributed by atoms with E-state index in [1.807, 2.05) is 6.07 Å². The minimum atomic E-state index is -0.504. The molecule has 24 heavy (non-hydrogen) atoms. The molecule has 0 saturated carbocycles. The minimum absolute atomic E-state index is 0.0159. The third-order valence-electron chi connectivity index (χ3n) is 3.20. The minimum Gasteiger partial charge on any atom is -0.504 e. The SMILES string of the molecule is C=C(C)C(=O)OCCOc1cccc(C(=O)c2ccccc2)c1O. The van der Waals surface area contributed by atoms with Gasteiger partial charge in [0.25, 0.3) is 0 Å². The van der Waals surface area contributed by atoms with E-state index in [1.54, 1.807) is 37.3 Å². The summed E-state index contributed by atoms with van der Waals surface area (Å²) in [5.74, 6) is -0.885. The first kappa shape index (κ1) is 17.3. The largest absolute Gasteiger partial charge is 0.504 e. The summed E-state index contributed by atoms with van der Waals surface area (Å²) in [5.41, 5.74) is 0.922. The first-order valence-corrected chi connectivity index (χ1v) is 7.38. The molecule has 2 aromatic carbocycles. The Hall–Kier alpha value is -3.08. The van der Waals surface area contributed by atoms with Crippen LogP contribution in [0.1, 0.15) is 22.8 Å². The molecule has 5 heteroatoms. The molecule has 2 aromatic rings. The van der Waals surface area contributed by atoms with Gasteiger partial charge in [-0.3, -0.25) is 4.79 Å². The molecule has 0 aromatic heterocycles. The van der Waals surface area contributed by atoms with E-state index in [4.69, 9.17) is 9.47 Å². The molecule has 0 heterocycles. The van der Waals surface area contributed by atoms with Crippen LogP contribution in [0.15, 0.2) is 60.7 Å². The van der Waals surface area contributed by atoms with Crippen LogP contribution >= 0.6 is 0 Å². The average molecular weight is 326 g/mol. The molecule has 0 radical (unpaired) electrons. The number of carbonyl (C=O) groups excluding carboxylic acids is 2. The van der Waals surface area contributed by atoms with Gasteiger partial charge in [-0.15, -0.1) is 0 Å². The molecule has 0 fully saturated rings. The van der Waals surface area contributed by atoms with Gasteiger partial charge in [-0.2, -0.15) is 0 Å². The highest BCUT2D eigenvalue weighted by atomic mass is 16.6. The summed E-state index contributed by atoms with van der Waals surface area (Å²) in [4.78, 5) is 23.7. The van der Waals surface area contributed by atoms with Gasteiger partial charge in [0.1, 0.15) is 13.2 Å². The Morgan fingerprint density at radius 1 is 1.04 bits per heavy atom. The second-order valence-electron chi connectivity index (χ2n) is 5.11. The average Bonchev–Trinajstić information content (AvgIpc) is 2.59. The standard InChI is InChI=1S/C19H18O5/c1-13(2)19(22)24-12-11-23-16-10-6-9-15(18(16)21)17(20)14-7-4-3-5-8-14/h3-10,21H,1,11-12H2,2H3. The number of para-hydroxylation sites is 1. The lowest BCUT2D eigenvalue weighted by Crippen LogP contribution is -2.12. The van der Waals surface area contributed by atoms with E-state index < -0.39 is 5.97 Å². The zero-order valence-corrected chi connectivity index (χ0v) is 13.3. The molecule has 0 atom stereocenters. The summed E-state index contributed by atoms with van der Waals surface area (Å²) in [6.45, 7) is 5.09. The Balaban J connectivity index is 2.04. The molecule has 124 valence electrons. The normalized spacial score (nSPS) is 10.0. The van der Waals surface area contributed by atoms with Crippen LogP contribution in [0.4, 0.5) is 0 Å². The van der Waals surface area contributed by atoms with Gasteiger partial charge in [0.2, 0.25) is 0 Å². The zero-order chi connectivity index (χ0) is 17.5. The van der Waals surface area contributed by atoms with Gasteiger partial charge in [-0.05, 0) is 19.1 Å². The van der Waals surface area contributed by atoms with E-state index in [1.165, 1.54) is 12.1 Å². The Labute approximate surface area is 140 Å². The van der Waals surface area contributed by atoms with E-state index in [9.17, 15) is 14.7 Å². The Morgan fingerprint density at radius 2 is 1.75 bits per heavy atom. The van der Waals surface area contributed by atoms with Gasteiger partial charge < -0.3 is 14.6 Å². The molecule has 0 aliphatic carbocycles. The van der Waals surface area contributed by atoms with Crippen molar-refractivity contribution in [1.82, 2.24) is 0 Å². The number of benzene rings is 2. The number of ether oxygens (including phenoxy) is 2. The highest BCUT2D eigenvalue weighted by Crippen LogP contribution is 2.31. The van der Waals surface area contributed by atoms with Crippen LogP contribution < -0.4 is 4.74 Å². The number of carbonyl (C=O) groups is 2. The number of hydrogen-bond donors (Lipinski definition) is 1. The molecule has 0 spiro atoms. The first-order valence-electron chi connectivity index (χ1n) is 7.38. The van der Waals surface area contributed by atoms with Gasteiger partial charge in [-0.25, -0.2) is 4.79 Å². The summed E-state index contributed by atoms with van der Waals surface area (Å²) in [6.07, 6.45) is 0. The van der Waals surface area contributed by atoms with Gasteiger partial charge in [0.05, 0.1) is 5.56 Å². The third kappa shape index (κ3) is 4.23. The summed E-state index contributed by atoms with van der Waals surface area (Å²) in [7, 11) is 0. The van der Waals surface area contributed by atoms with Crippen LogP contribution in [0.5, 0.6) is 11.5 Å². The lowest BCUT2D eigenvalue weighted by Gasteiger charge is -2.11. The summed E-state index contributed by atoms with van der Waals surface area (Å²) in [6, 6.07) is 13.3. The monoisotopic (exact) mass is 326 g/mol. The van der Waals surface area contributed by atoms with Crippen LogP contribution in [0.25, 0.3) is 0 Å². The maximum Gasteiger partial charge on any atom is 0.333 e. The van der Waals surface area contributed by atoms with Gasteiger partial charge in [0, 0.05) is 11.1 Å². The predicted octanol–water partition coefficient (Wildman–Crippen LogP) is 3.12. The number of hydrogen-bond acceptors (Lipinski definition) is 5. The number of phenols is 1. The number of esters is 1. The fourth-order valence-corrected chi connectivity index (χ4v) is 1.98. The highest BCUT2D eigenvalue weighted by Gasteiger charge is 2.16. The molecular weight excluding hydrogens is 308 g/mol. The van der Waals surface area contributed by atoms with Crippen molar-refractivity contribution < 1.29 is 24.2 Å². The smallest absolute Gasteiger partial charge is 0.333 e. The predicted molar refractivity (Wildman–Crippen MR) is 89.2 cm³/mol. The van der Waals surface area contributed by atoms with Crippen LogP contribution in [-0.2, 0) is 9.53 Å². The van der Waals surface area contributed by atoms with Gasteiger partial charge in [0.15, 0.2) is 17.3 Å². The maximum absolute atomic E-state index is 12.4. The lowest BCUT2D eigenvalue weighted by molar-refractivity contribution is -0.139. The molecule has 0 unspecified atom stereocenters. The van der Waals surface area contributed by atoms with Crippen LogP contribution in [0.2, 0.25) is 0 Å². The van der Waals surface area contributed by atoms with E-state index in [0.29, 0.717) is 11.1 Å². The van der Waals surface area contributed by atoms with Crippen molar-refractivity contribution in [3.63, 3.8) is 0 Å². The Morgan fingerprint density at radius 3 is 2.42 bits per heavy atom. The number of rotatable bonds is 7. The van der Waals surface area contributed by atoms with Gasteiger partial charge in [-0.1, -0.05) is 43.0 Å². The maximum atomic E-state index is 12.4. The van der Waals surface area contributed by atoms with E-state index in [-0.39, 0.29) is 36.1 Å². The first-order chi connectivity index (χ1) is 11.5. The van der Waals surface area contributed by atoms with E-state index >= 15 is 0 Å². The Bertz CT molecular complexity index is 750. The highest BCUT2D eigenvalue weighted by molar-refractivity contribution is 6.11. The van der Waals surface area contributed by atoms with Crippen molar-refractivity contribution in [2.45, 2.75) is 6.92 Å². The van der Waals surface area contributed by atoms with Crippen molar-refractivity contribution in [3.05, 3.63) is 71.8 Å². The fraction of sp³-hybridized carbons (Fsp3) is 0.158. The second kappa shape index (κ2) is 7.97. The summed E-state index contributed by atoms with van der Waals surface area (Å²) < 4.78 is 10.3. The lowest BCUT2D eigenvalue weighted by atomic mass is 10.0. The Kier molecular flexibility index (Phi) is 5.73. The number of phenolic OH excluding ortho intramolecular Hbond substituents is 1. The second-order valence-corrected chi connectivity index (χ2v) is 5.11. The molecular formula is C19H18O5. The molecule has 0 amide bonds. The topological polar surface area (TPSA) is 72.8 Å². The van der Waals surface area contributed by atoms with E-state index in [2.05, 4.69) is 6.58 Å². The van der Waals surface area contributed by atoms with Crippen molar-refractivity contribution in [2.75, 3.05) is 13.2 Å². The summed E-state index contributed by atoms with van der Waals surface area (Å²) in [5, 5.41) is 10.2. The molecule has 0 aliphatic heterocycles. The molecule has 2 rings (SSSR count). The molecule has 0 aliphatic rings. The van der Waals surface area contributed by atoms with Crippen molar-refractivity contribution in [2.24, 2.45) is 0 Å². The quantitative estimate of drug-likeness (QED) is 0.366. The van der Waals surface area contributed by atoms with Gasteiger partial charge >= 0.3 is 5.97 Å². The van der Waals surface area contributed by atoms with Crippen molar-refractivity contribution in [3.8, 4) is 11.5 Å². The molecule has 1 N–H and O–H groups in total. The van der Waals surface area contributed by atoms with Crippen molar-refractivity contribution in [1.29, 1.82) is 0 Å². The number of ketones is 1. The van der Waals surface area contributed by atoms with Crippen molar-refractivity contribution >= 4 is 11.8 Å².